The van der Waals surface area contributed by atoms with Crippen molar-refractivity contribution in [3.05, 3.63) is 186 Å². The van der Waals surface area contributed by atoms with Crippen LogP contribution in [0.2, 0.25) is 0 Å². The molecule has 4 heteroatoms. The molecule has 0 fully saturated rings. The number of rotatable bonds is 5. The second-order valence-corrected chi connectivity index (χ2v) is 15.2. The van der Waals surface area contributed by atoms with Crippen molar-refractivity contribution >= 4 is 43.6 Å². The van der Waals surface area contributed by atoms with Crippen LogP contribution in [0.25, 0.3) is 88.4 Å². The molecular weight excluding hydrogens is 681 g/mol. The summed E-state index contributed by atoms with van der Waals surface area (Å²) in [7, 11) is 0. The fourth-order valence-corrected chi connectivity index (χ4v) is 8.90. The van der Waals surface area contributed by atoms with Crippen LogP contribution < -0.4 is 0 Å². The maximum atomic E-state index is 11.3. The van der Waals surface area contributed by atoms with Crippen LogP contribution in [0.15, 0.2) is 158 Å². The smallest absolute Gasteiger partial charge is 0.104 e. The van der Waals surface area contributed by atoms with Crippen LogP contribution in [-0.2, 0) is 0 Å². The van der Waals surface area contributed by atoms with Crippen molar-refractivity contribution in [2.24, 2.45) is 0 Å². The molecule has 0 aliphatic heterocycles. The van der Waals surface area contributed by atoms with Crippen LogP contribution in [0.1, 0.15) is 27.8 Å². The first kappa shape index (κ1) is 33.4. The number of aromatic nitrogens is 3. The fraction of sp³-hybridized carbons (Fsp3) is 0.0769. The first-order valence-corrected chi connectivity index (χ1v) is 19.1. The average molecular weight is 719 g/mol. The normalized spacial score (nSPS) is 11.6. The molecule has 3 heterocycles. The van der Waals surface area contributed by atoms with E-state index in [2.05, 4.69) is 181 Å². The molecule has 3 aromatic heterocycles. The quantitative estimate of drug-likeness (QED) is 0.178. The molecule has 0 radical (unpaired) electrons. The zero-order valence-corrected chi connectivity index (χ0v) is 31.8. The number of hydrogen-bond acceptors (Lipinski definition) is 2. The van der Waals surface area contributed by atoms with Crippen molar-refractivity contribution in [3.63, 3.8) is 0 Å². The monoisotopic (exact) mass is 718 g/mol. The van der Waals surface area contributed by atoms with Gasteiger partial charge in [-0.2, -0.15) is 5.26 Å². The van der Waals surface area contributed by atoms with Gasteiger partial charge in [0.15, 0.2) is 0 Å². The van der Waals surface area contributed by atoms with E-state index in [4.69, 9.17) is 0 Å². The van der Waals surface area contributed by atoms with Gasteiger partial charge >= 0.3 is 0 Å². The Hall–Kier alpha value is -7.22. The Morgan fingerprint density at radius 2 is 0.804 bits per heavy atom. The predicted molar refractivity (Wildman–Crippen MR) is 233 cm³/mol. The maximum Gasteiger partial charge on any atom is 0.104 e. The summed E-state index contributed by atoms with van der Waals surface area (Å²) in [6.07, 6.45) is 3.66. The first-order chi connectivity index (χ1) is 27.3. The van der Waals surface area contributed by atoms with Gasteiger partial charge in [0.05, 0.1) is 33.4 Å². The molecule has 56 heavy (non-hydrogen) atoms. The summed E-state index contributed by atoms with van der Waals surface area (Å²) in [6, 6.07) is 55.2. The van der Waals surface area contributed by atoms with Gasteiger partial charge in [0.2, 0.25) is 0 Å². The lowest BCUT2D eigenvalue weighted by atomic mass is 9.99. The third-order valence-electron chi connectivity index (χ3n) is 11.2. The van der Waals surface area contributed by atoms with Gasteiger partial charge in [-0.3, -0.25) is 4.98 Å². The Kier molecular flexibility index (Phi) is 7.73. The summed E-state index contributed by atoms with van der Waals surface area (Å²) >= 11 is 0. The molecule has 0 saturated heterocycles. The molecule has 0 atom stereocenters. The fourth-order valence-electron chi connectivity index (χ4n) is 8.90. The van der Waals surface area contributed by atoms with Crippen LogP contribution >= 0.6 is 0 Å². The molecular formula is C52H38N4. The van der Waals surface area contributed by atoms with E-state index in [0.29, 0.717) is 5.56 Å². The minimum absolute atomic E-state index is 0.602. The first-order valence-electron chi connectivity index (χ1n) is 19.1. The van der Waals surface area contributed by atoms with Gasteiger partial charge in [-0.1, -0.05) is 107 Å². The van der Waals surface area contributed by atoms with Gasteiger partial charge in [0, 0.05) is 33.9 Å². The van der Waals surface area contributed by atoms with E-state index in [-0.39, 0.29) is 0 Å². The summed E-state index contributed by atoms with van der Waals surface area (Å²) < 4.78 is 4.57. The Balaban J connectivity index is 1.28. The maximum absolute atomic E-state index is 11.3. The van der Waals surface area contributed by atoms with Crippen molar-refractivity contribution in [3.8, 4) is 50.8 Å². The van der Waals surface area contributed by atoms with Gasteiger partial charge in [-0.05, 0) is 122 Å². The molecule has 266 valence electrons. The molecule has 10 rings (SSSR count). The SMILES string of the molecule is Cc1cc(C)cc(-c2ccc3c(c2)c2ccccc2n3-c2cc(-c3ccncc3)cc(-n3c4ccccc4c4cc(-c5cc(C)cc(C)c5)ccc43)c2C#N)c1. The largest absolute Gasteiger partial charge is 0.308 e. The molecule has 0 unspecified atom stereocenters. The summed E-state index contributed by atoms with van der Waals surface area (Å²) in [6.45, 7) is 8.61. The van der Waals surface area contributed by atoms with Crippen LogP contribution in [0, 0.1) is 39.0 Å². The number of para-hydroxylation sites is 2. The number of hydrogen-bond donors (Lipinski definition) is 0. The third kappa shape index (κ3) is 5.40. The lowest BCUT2D eigenvalue weighted by Gasteiger charge is -2.18. The van der Waals surface area contributed by atoms with Gasteiger partial charge < -0.3 is 9.13 Å². The molecule has 0 aliphatic rings. The van der Waals surface area contributed by atoms with Crippen LogP contribution in [0.5, 0.6) is 0 Å². The zero-order valence-electron chi connectivity index (χ0n) is 31.8. The van der Waals surface area contributed by atoms with Crippen molar-refractivity contribution in [2.45, 2.75) is 27.7 Å². The summed E-state index contributed by atoms with van der Waals surface area (Å²) in [5, 5.41) is 15.9. The van der Waals surface area contributed by atoms with Gasteiger partial charge in [-0.15, -0.1) is 0 Å². The van der Waals surface area contributed by atoms with Crippen molar-refractivity contribution in [1.29, 1.82) is 5.26 Å². The number of benzene rings is 7. The molecule has 0 amide bonds. The summed E-state index contributed by atoms with van der Waals surface area (Å²) in [5.74, 6) is 0. The molecule has 0 bridgehead atoms. The lowest BCUT2D eigenvalue weighted by Crippen LogP contribution is -2.05. The van der Waals surface area contributed by atoms with Crippen LogP contribution in [0.4, 0.5) is 0 Å². The zero-order chi connectivity index (χ0) is 38.1. The van der Waals surface area contributed by atoms with E-state index >= 15 is 0 Å². The van der Waals surface area contributed by atoms with Gasteiger partial charge in [-0.25, -0.2) is 0 Å². The number of aryl methyl sites for hydroxylation is 4. The Morgan fingerprint density at radius 3 is 1.25 bits per heavy atom. The Labute approximate surface area is 326 Å². The molecule has 10 aromatic rings. The molecule has 0 aliphatic carbocycles. The van der Waals surface area contributed by atoms with E-state index in [1.807, 2.05) is 24.5 Å². The van der Waals surface area contributed by atoms with E-state index < -0.39 is 0 Å². The van der Waals surface area contributed by atoms with Crippen molar-refractivity contribution < 1.29 is 0 Å². The Morgan fingerprint density at radius 1 is 0.393 bits per heavy atom. The Bertz CT molecular complexity index is 3010. The minimum Gasteiger partial charge on any atom is -0.308 e. The molecule has 4 nitrogen and oxygen atoms in total. The predicted octanol–water partition coefficient (Wildman–Crippen LogP) is 13.4. The highest BCUT2D eigenvalue weighted by molar-refractivity contribution is 6.12. The van der Waals surface area contributed by atoms with Crippen molar-refractivity contribution in [2.75, 3.05) is 0 Å². The van der Waals surface area contributed by atoms with E-state index in [9.17, 15) is 5.26 Å². The van der Waals surface area contributed by atoms with Crippen LogP contribution in [0.3, 0.4) is 0 Å². The highest BCUT2D eigenvalue weighted by Crippen LogP contribution is 2.42. The molecule has 0 saturated carbocycles. The number of nitriles is 1. The van der Waals surface area contributed by atoms with Crippen molar-refractivity contribution in [1.82, 2.24) is 14.1 Å². The highest BCUT2D eigenvalue weighted by Gasteiger charge is 2.23. The number of pyridine rings is 1. The van der Waals surface area contributed by atoms with E-state index in [0.717, 1.165) is 66.1 Å². The lowest BCUT2D eigenvalue weighted by molar-refractivity contribution is 1.12. The van der Waals surface area contributed by atoms with Gasteiger partial charge in [0.1, 0.15) is 11.6 Å². The van der Waals surface area contributed by atoms with Gasteiger partial charge in [0.25, 0.3) is 0 Å². The standard InChI is InChI=1S/C52H38N4/c1-32-21-33(2)24-39(23-32)37-13-15-49-44(27-37)42-9-5-7-11-47(42)55(49)51-29-41(36-17-19-54-20-18-36)30-52(46(51)31-53)56-48-12-8-6-10-43(48)45-28-38(14-16-50(45)56)40-25-34(3)22-35(4)26-40/h5-30H,1-4H3. The summed E-state index contributed by atoms with van der Waals surface area (Å²) in [5.41, 5.74) is 18.2. The molecule has 0 N–H and O–H groups in total. The third-order valence-corrected chi connectivity index (χ3v) is 11.2. The number of fused-ring (bicyclic) bond motifs is 6. The average Bonchev–Trinajstić information content (AvgIpc) is 3.72. The minimum atomic E-state index is 0.602. The second-order valence-electron chi connectivity index (χ2n) is 15.2. The summed E-state index contributed by atoms with van der Waals surface area (Å²) in [4.78, 5) is 4.34. The molecule has 0 spiro atoms. The van der Waals surface area contributed by atoms with E-state index in [1.54, 1.807) is 0 Å². The van der Waals surface area contributed by atoms with E-state index in [1.165, 1.54) is 44.5 Å². The topological polar surface area (TPSA) is 46.5 Å². The second kappa shape index (κ2) is 13.0. The molecule has 7 aromatic carbocycles. The highest BCUT2D eigenvalue weighted by atomic mass is 15.0. The van der Waals surface area contributed by atoms with Crippen LogP contribution in [-0.4, -0.2) is 14.1 Å². The number of nitrogens with zero attached hydrogens (tertiary/aromatic N) is 4.